The number of nitriles is 1. The quantitative estimate of drug-likeness (QED) is 0.774. The lowest BCUT2D eigenvalue weighted by Crippen LogP contribution is -1.89. The van der Waals surface area contributed by atoms with Crippen molar-refractivity contribution >= 4 is 0 Å². The Balaban J connectivity index is 2.07. The second kappa shape index (κ2) is 5.17. The maximum Gasteiger partial charge on any atom is 0.133 e. The van der Waals surface area contributed by atoms with Crippen LogP contribution in [-0.4, -0.2) is 10.2 Å². The van der Waals surface area contributed by atoms with Crippen LogP contribution in [0.2, 0.25) is 0 Å². The molecule has 1 aromatic heterocycles. The van der Waals surface area contributed by atoms with Crippen molar-refractivity contribution in [3.05, 3.63) is 65.7 Å². The van der Waals surface area contributed by atoms with Crippen LogP contribution in [0.5, 0.6) is 0 Å². The molecule has 0 radical (unpaired) electrons. The van der Waals surface area contributed by atoms with Gasteiger partial charge >= 0.3 is 0 Å². The van der Waals surface area contributed by atoms with Crippen LogP contribution in [0.15, 0.2) is 48.5 Å². The Labute approximate surface area is 119 Å². The summed E-state index contributed by atoms with van der Waals surface area (Å²) in [6, 6.07) is 13.7. The number of H-pyrrole nitrogens is 1. The first-order valence-electron chi connectivity index (χ1n) is 6.19. The van der Waals surface area contributed by atoms with Gasteiger partial charge in [0, 0.05) is 5.56 Å². The lowest BCUT2D eigenvalue weighted by Gasteiger charge is -2.01. The van der Waals surface area contributed by atoms with E-state index in [0.717, 1.165) is 0 Å². The summed E-state index contributed by atoms with van der Waals surface area (Å²) >= 11 is 0. The molecule has 0 spiro atoms. The van der Waals surface area contributed by atoms with E-state index in [4.69, 9.17) is 5.26 Å². The Morgan fingerprint density at radius 3 is 2.52 bits per heavy atom. The molecule has 0 aliphatic carbocycles. The van der Waals surface area contributed by atoms with Gasteiger partial charge in [0.15, 0.2) is 0 Å². The molecule has 0 atom stereocenters. The molecule has 3 aromatic rings. The van der Waals surface area contributed by atoms with Crippen molar-refractivity contribution in [2.24, 2.45) is 0 Å². The van der Waals surface area contributed by atoms with E-state index in [9.17, 15) is 8.78 Å². The molecule has 3 rings (SSSR count). The molecule has 1 N–H and O–H groups in total. The summed E-state index contributed by atoms with van der Waals surface area (Å²) in [5.41, 5.74) is 2.07. The lowest BCUT2D eigenvalue weighted by molar-refractivity contribution is 0.628. The summed E-state index contributed by atoms with van der Waals surface area (Å²) < 4.78 is 26.8. The first-order valence-corrected chi connectivity index (χ1v) is 6.19. The summed E-state index contributed by atoms with van der Waals surface area (Å²) in [5.74, 6) is -0.835. The molecule has 0 aliphatic heterocycles. The number of nitrogens with one attached hydrogen (secondary N) is 1. The summed E-state index contributed by atoms with van der Waals surface area (Å²) in [5, 5.41) is 15.9. The predicted octanol–water partition coefficient (Wildman–Crippen LogP) is 3.89. The van der Waals surface area contributed by atoms with Crippen LogP contribution < -0.4 is 0 Å². The van der Waals surface area contributed by atoms with E-state index >= 15 is 0 Å². The molecular formula is C16H9F2N3. The number of aromatic amines is 1. The van der Waals surface area contributed by atoms with E-state index in [1.807, 2.05) is 6.07 Å². The van der Waals surface area contributed by atoms with Gasteiger partial charge in [-0.1, -0.05) is 6.07 Å². The molecule has 0 saturated heterocycles. The van der Waals surface area contributed by atoms with Crippen molar-refractivity contribution in [2.45, 2.75) is 0 Å². The van der Waals surface area contributed by atoms with E-state index in [-0.39, 0.29) is 16.9 Å². The third-order valence-electron chi connectivity index (χ3n) is 3.12. The average molecular weight is 281 g/mol. The molecule has 1 heterocycles. The Kier molecular flexibility index (Phi) is 3.20. The fourth-order valence-electron chi connectivity index (χ4n) is 2.11. The zero-order valence-corrected chi connectivity index (χ0v) is 10.8. The summed E-state index contributed by atoms with van der Waals surface area (Å²) in [7, 11) is 0. The second-order valence-electron chi connectivity index (χ2n) is 4.45. The minimum Gasteiger partial charge on any atom is -0.277 e. The molecule has 5 heteroatoms. The summed E-state index contributed by atoms with van der Waals surface area (Å²) in [6.07, 6.45) is 0. The third-order valence-corrected chi connectivity index (χ3v) is 3.12. The van der Waals surface area contributed by atoms with Gasteiger partial charge in [-0.05, 0) is 42.5 Å². The lowest BCUT2D eigenvalue weighted by atomic mass is 10.0. The number of nitrogens with zero attached hydrogens (tertiary/aromatic N) is 2. The zero-order chi connectivity index (χ0) is 14.8. The van der Waals surface area contributed by atoms with E-state index in [1.54, 1.807) is 18.2 Å². The Bertz CT molecular complexity index is 829. The number of hydrogen-bond acceptors (Lipinski definition) is 2. The summed E-state index contributed by atoms with van der Waals surface area (Å²) in [4.78, 5) is 0. The van der Waals surface area contributed by atoms with Gasteiger partial charge in [-0.3, -0.25) is 5.10 Å². The normalized spacial score (nSPS) is 10.3. The number of rotatable bonds is 2. The molecule has 0 saturated carbocycles. The van der Waals surface area contributed by atoms with Gasteiger partial charge < -0.3 is 0 Å². The van der Waals surface area contributed by atoms with Gasteiger partial charge in [0.2, 0.25) is 0 Å². The number of aromatic nitrogens is 2. The van der Waals surface area contributed by atoms with Crippen molar-refractivity contribution in [1.29, 1.82) is 5.26 Å². The van der Waals surface area contributed by atoms with Gasteiger partial charge in [0.1, 0.15) is 11.6 Å². The largest absolute Gasteiger partial charge is 0.277 e. The molecule has 102 valence electrons. The van der Waals surface area contributed by atoms with Gasteiger partial charge in [-0.2, -0.15) is 10.4 Å². The smallest absolute Gasteiger partial charge is 0.133 e. The Morgan fingerprint density at radius 1 is 1.05 bits per heavy atom. The molecule has 0 aliphatic rings. The van der Waals surface area contributed by atoms with E-state index < -0.39 is 5.82 Å². The van der Waals surface area contributed by atoms with E-state index in [2.05, 4.69) is 10.2 Å². The first-order chi connectivity index (χ1) is 10.2. The maximum absolute atomic E-state index is 13.9. The van der Waals surface area contributed by atoms with Crippen LogP contribution in [0.3, 0.4) is 0 Å². The van der Waals surface area contributed by atoms with E-state index in [1.165, 1.54) is 30.3 Å². The van der Waals surface area contributed by atoms with Crippen molar-refractivity contribution in [2.75, 3.05) is 0 Å². The third kappa shape index (κ3) is 2.39. The molecular weight excluding hydrogens is 272 g/mol. The van der Waals surface area contributed by atoms with Crippen LogP contribution in [0.4, 0.5) is 8.78 Å². The molecule has 3 nitrogen and oxygen atoms in total. The predicted molar refractivity (Wildman–Crippen MR) is 74.1 cm³/mol. The van der Waals surface area contributed by atoms with Crippen molar-refractivity contribution < 1.29 is 8.78 Å². The highest BCUT2D eigenvalue weighted by molar-refractivity contribution is 5.72. The first kappa shape index (κ1) is 13.0. The highest BCUT2D eigenvalue weighted by Gasteiger charge is 2.14. The molecule has 0 bridgehead atoms. The van der Waals surface area contributed by atoms with Gasteiger partial charge in [-0.25, -0.2) is 8.78 Å². The highest BCUT2D eigenvalue weighted by Crippen LogP contribution is 2.28. The zero-order valence-electron chi connectivity index (χ0n) is 10.8. The van der Waals surface area contributed by atoms with Crippen LogP contribution in [-0.2, 0) is 0 Å². The topological polar surface area (TPSA) is 52.5 Å². The highest BCUT2D eigenvalue weighted by atomic mass is 19.1. The molecule has 21 heavy (non-hydrogen) atoms. The minimum atomic E-state index is -0.497. The van der Waals surface area contributed by atoms with Crippen molar-refractivity contribution in [3.8, 4) is 28.6 Å². The van der Waals surface area contributed by atoms with Gasteiger partial charge in [0.05, 0.1) is 28.6 Å². The Morgan fingerprint density at radius 2 is 1.81 bits per heavy atom. The standard InChI is InChI=1S/C16H9F2N3/c17-12-6-4-10(5-7-12)14-8-15(21-20-14)16-11(9-19)2-1-3-13(16)18/h1-8H,(H,20,21). The molecule has 2 aromatic carbocycles. The van der Waals surface area contributed by atoms with Crippen LogP contribution in [0.25, 0.3) is 22.5 Å². The summed E-state index contributed by atoms with van der Waals surface area (Å²) in [6.45, 7) is 0. The fraction of sp³-hybridized carbons (Fsp3) is 0. The van der Waals surface area contributed by atoms with E-state index in [0.29, 0.717) is 17.0 Å². The van der Waals surface area contributed by atoms with Crippen LogP contribution >= 0.6 is 0 Å². The Hall–Kier alpha value is -3.00. The number of hydrogen-bond donors (Lipinski definition) is 1. The molecule has 0 fully saturated rings. The van der Waals surface area contributed by atoms with Gasteiger partial charge in [0.25, 0.3) is 0 Å². The number of benzene rings is 2. The van der Waals surface area contributed by atoms with Crippen LogP contribution in [0, 0.1) is 23.0 Å². The minimum absolute atomic E-state index is 0.181. The average Bonchev–Trinajstić information content (AvgIpc) is 2.97. The fourth-order valence-corrected chi connectivity index (χ4v) is 2.11. The second-order valence-corrected chi connectivity index (χ2v) is 4.45. The maximum atomic E-state index is 13.9. The molecule has 0 unspecified atom stereocenters. The van der Waals surface area contributed by atoms with Crippen molar-refractivity contribution in [3.63, 3.8) is 0 Å². The monoisotopic (exact) mass is 281 g/mol. The van der Waals surface area contributed by atoms with Crippen molar-refractivity contribution in [1.82, 2.24) is 10.2 Å². The molecule has 0 amide bonds. The van der Waals surface area contributed by atoms with Crippen LogP contribution in [0.1, 0.15) is 5.56 Å². The van der Waals surface area contributed by atoms with Gasteiger partial charge in [-0.15, -0.1) is 0 Å². The number of halogens is 2. The SMILES string of the molecule is N#Cc1cccc(F)c1-c1cc(-c2ccc(F)cc2)n[nH]1.